The number of Topliss-reactive ketones (excluding diaryl/α,β-unsaturated/α-hetero) is 1. The van der Waals surface area contributed by atoms with Crippen molar-refractivity contribution in [1.82, 2.24) is 4.72 Å². The third kappa shape index (κ3) is 5.50. The second-order valence-electron chi connectivity index (χ2n) is 7.08. The summed E-state index contributed by atoms with van der Waals surface area (Å²) in [6, 6.07) is 3.48. The molecular formula is C19H23NO5S3. The molecule has 2 heterocycles. The van der Waals surface area contributed by atoms with Crippen molar-refractivity contribution < 1.29 is 22.7 Å². The predicted molar refractivity (Wildman–Crippen MR) is 111 cm³/mol. The molecule has 1 N–H and O–H groups in total. The minimum absolute atomic E-state index is 0.251. The fourth-order valence-corrected chi connectivity index (χ4v) is 5.79. The molecule has 0 fully saturated rings. The summed E-state index contributed by atoms with van der Waals surface area (Å²) in [5.41, 5.74) is 1.68. The Morgan fingerprint density at radius 3 is 2.86 bits per heavy atom. The summed E-state index contributed by atoms with van der Waals surface area (Å²) in [7, 11) is -3.22. The van der Waals surface area contributed by atoms with E-state index >= 15 is 0 Å². The summed E-state index contributed by atoms with van der Waals surface area (Å²) < 4.78 is 29.8. The number of ether oxygens (including phenoxy) is 1. The molecule has 0 aromatic carbocycles. The minimum atomic E-state index is -3.22. The Morgan fingerprint density at radius 2 is 2.11 bits per heavy atom. The summed E-state index contributed by atoms with van der Waals surface area (Å²) in [6.07, 6.45) is 4.56. The lowest BCUT2D eigenvalue weighted by Gasteiger charge is -2.18. The zero-order valence-electron chi connectivity index (χ0n) is 15.8. The number of hydrogen-bond donors (Lipinski definition) is 1. The highest BCUT2D eigenvalue weighted by atomic mass is 32.2. The van der Waals surface area contributed by atoms with Crippen molar-refractivity contribution in [1.29, 1.82) is 0 Å². The van der Waals surface area contributed by atoms with Gasteiger partial charge in [0.2, 0.25) is 15.8 Å². The van der Waals surface area contributed by atoms with Crippen LogP contribution in [0.1, 0.15) is 48.7 Å². The molecule has 0 bridgehead atoms. The van der Waals surface area contributed by atoms with Crippen molar-refractivity contribution >= 4 is 44.4 Å². The maximum absolute atomic E-state index is 12.4. The third-order valence-electron chi connectivity index (χ3n) is 4.63. The fraction of sp³-hybridized carbons (Fsp3) is 0.474. The quantitative estimate of drug-likeness (QED) is 0.502. The number of thiophene rings is 2. The van der Waals surface area contributed by atoms with Crippen LogP contribution >= 0.6 is 22.7 Å². The molecule has 0 saturated carbocycles. The predicted octanol–water partition coefficient (Wildman–Crippen LogP) is 3.07. The van der Waals surface area contributed by atoms with Crippen molar-refractivity contribution in [3.8, 4) is 0 Å². The number of fused-ring (bicyclic) bond motifs is 1. The third-order valence-corrected chi connectivity index (χ3v) is 7.59. The number of carbonyl (C=O) groups is 2. The maximum Gasteiger partial charge on any atom is 0.339 e. The molecule has 0 saturated heterocycles. The van der Waals surface area contributed by atoms with Crippen LogP contribution in [-0.2, 0) is 34.0 Å². The molecular weight excluding hydrogens is 418 g/mol. The summed E-state index contributed by atoms with van der Waals surface area (Å²) in [5.74, 6) is -0.0508. The zero-order chi connectivity index (χ0) is 20.3. The van der Waals surface area contributed by atoms with E-state index in [-0.39, 0.29) is 18.9 Å². The van der Waals surface area contributed by atoms with Crippen LogP contribution in [0.4, 0.5) is 0 Å². The molecule has 0 amide bonds. The van der Waals surface area contributed by atoms with Gasteiger partial charge in [0.15, 0.2) is 6.61 Å². The van der Waals surface area contributed by atoms with Crippen LogP contribution in [-0.4, -0.2) is 39.6 Å². The Morgan fingerprint density at radius 1 is 1.32 bits per heavy atom. The van der Waals surface area contributed by atoms with Gasteiger partial charge in [0.05, 0.1) is 16.7 Å². The van der Waals surface area contributed by atoms with Crippen LogP contribution in [0.3, 0.4) is 0 Å². The smallest absolute Gasteiger partial charge is 0.339 e. The zero-order valence-corrected chi connectivity index (χ0v) is 18.3. The molecule has 9 heteroatoms. The summed E-state index contributed by atoms with van der Waals surface area (Å²) in [6.45, 7) is 2.21. The van der Waals surface area contributed by atoms with Gasteiger partial charge in [-0.25, -0.2) is 17.9 Å². The van der Waals surface area contributed by atoms with Gasteiger partial charge in [-0.2, -0.15) is 0 Å². The lowest BCUT2D eigenvalue weighted by atomic mass is 9.88. The number of sulfonamides is 1. The first-order chi connectivity index (χ1) is 13.2. The Labute approximate surface area is 173 Å². The van der Waals surface area contributed by atoms with Gasteiger partial charge in [-0.05, 0) is 49.3 Å². The van der Waals surface area contributed by atoms with E-state index in [4.69, 9.17) is 4.74 Å². The number of esters is 1. The van der Waals surface area contributed by atoms with Gasteiger partial charge < -0.3 is 4.74 Å². The van der Waals surface area contributed by atoms with Crippen LogP contribution in [0.2, 0.25) is 0 Å². The second kappa shape index (κ2) is 8.86. The second-order valence-corrected chi connectivity index (χ2v) is 11.0. The Kier molecular flexibility index (Phi) is 6.69. The topological polar surface area (TPSA) is 89.5 Å². The molecule has 0 radical (unpaired) electrons. The minimum Gasteiger partial charge on any atom is -0.454 e. The van der Waals surface area contributed by atoms with Gasteiger partial charge in [0.25, 0.3) is 0 Å². The van der Waals surface area contributed by atoms with Crippen molar-refractivity contribution in [2.45, 2.75) is 32.6 Å². The Hall–Kier alpha value is -1.55. The Bertz CT molecular complexity index is 974. The molecule has 152 valence electrons. The van der Waals surface area contributed by atoms with E-state index < -0.39 is 16.0 Å². The molecule has 28 heavy (non-hydrogen) atoms. The summed E-state index contributed by atoms with van der Waals surface area (Å²) >= 11 is 2.89. The highest BCUT2D eigenvalue weighted by molar-refractivity contribution is 7.88. The molecule has 1 unspecified atom stereocenters. The summed E-state index contributed by atoms with van der Waals surface area (Å²) in [5, 5.41) is 1.84. The fourth-order valence-electron chi connectivity index (χ4n) is 3.15. The van der Waals surface area contributed by atoms with Crippen LogP contribution in [0.15, 0.2) is 17.5 Å². The molecule has 6 nitrogen and oxygen atoms in total. The summed E-state index contributed by atoms with van der Waals surface area (Å²) in [4.78, 5) is 27.4. The standard InChI is InChI=1S/C19H23NO5S3/c1-12-3-5-14-15(11-26-18(14)9-12)19(22)25-10-16(21)17-6-4-13(27-17)7-8-20-28(2,23)24/h4,6,11-12,20H,3,5,7-10H2,1-2H3. The first-order valence-corrected chi connectivity index (χ1v) is 12.6. The van der Waals surface area contributed by atoms with Gasteiger partial charge in [-0.15, -0.1) is 22.7 Å². The Balaban J connectivity index is 1.52. The number of carbonyl (C=O) groups excluding carboxylic acids is 2. The van der Waals surface area contributed by atoms with E-state index in [0.717, 1.165) is 36.0 Å². The van der Waals surface area contributed by atoms with Crippen LogP contribution in [0.25, 0.3) is 0 Å². The first-order valence-electron chi connectivity index (χ1n) is 9.06. The molecule has 3 rings (SSSR count). The van der Waals surface area contributed by atoms with E-state index in [0.29, 0.717) is 22.8 Å². The van der Waals surface area contributed by atoms with Crippen molar-refractivity contribution in [3.05, 3.63) is 43.3 Å². The van der Waals surface area contributed by atoms with E-state index in [1.807, 2.05) is 5.38 Å². The van der Waals surface area contributed by atoms with Gasteiger partial charge in [0.1, 0.15) is 0 Å². The molecule has 1 aliphatic carbocycles. The van der Waals surface area contributed by atoms with Gasteiger partial charge in [0, 0.05) is 21.7 Å². The molecule has 0 spiro atoms. The normalized spacial score (nSPS) is 16.6. The highest BCUT2D eigenvalue weighted by Crippen LogP contribution is 2.33. The van der Waals surface area contributed by atoms with E-state index in [9.17, 15) is 18.0 Å². The SMILES string of the molecule is CC1CCc2c(C(=O)OCC(=O)c3ccc(CCNS(C)(=O)=O)s3)csc2C1. The average molecular weight is 442 g/mol. The van der Waals surface area contributed by atoms with Crippen molar-refractivity contribution in [3.63, 3.8) is 0 Å². The molecule has 1 aliphatic rings. The number of nitrogens with one attached hydrogen (secondary N) is 1. The lowest BCUT2D eigenvalue weighted by molar-refractivity contribution is 0.0475. The average Bonchev–Trinajstić information content (AvgIpc) is 3.25. The van der Waals surface area contributed by atoms with Gasteiger partial charge >= 0.3 is 5.97 Å². The monoisotopic (exact) mass is 441 g/mol. The van der Waals surface area contributed by atoms with E-state index in [2.05, 4.69) is 11.6 Å². The molecule has 1 atom stereocenters. The van der Waals surface area contributed by atoms with Gasteiger partial charge in [-0.3, -0.25) is 4.79 Å². The van der Waals surface area contributed by atoms with E-state index in [1.54, 1.807) is 23.5 Å². The van der Waals surface area contributed by atoms with Crippen molar-refractivity contribution in [2.75, 3.05) is 19.4 Å². The molecule has 0 aliphatic heterocycles. The molecule has 2 aromatic rings. The lowest BCUT2D eigenvalue weighted by Crippen LogP contribution is -2.24. The van der Waals surface area contributed by atoms with Crippen molar-refractivity contribution in [2.24, 2.45) is 5.92 Å². The van der Waals surface area contributed by atoms with Crippen LogP contribution < -0.4 is 4.72 Å². The molecule has 2 aromatic heterocycles. The largest absolute Gasteiger partial charge is 0.454 e. The number of hydrogen-bond acceptors (Lipinski definition) is 7. The van der Waals surface area contributed by atoms with Crippen LogP contribution in [0.5, 0.6) is 0 Å². The van der Waals surface area contributed by atoms with E-state index in [1.165, 1.54) is 16.2 Å². The van der Waals surface area contributed by atoms with Gasteiger partial charge in [-0.1, -0.05) is 6.92 Å². The number of ketones is 1. The number of rotatable bonds is 8. The maximum atomic E-state index is 12.4. The van der Waals surface area contributed by atoms with Crippen LogP contribution in [0, 0.1) is 5.92 Å². The first kappa shape index (κ1) is 21.2. The highest BCUT2D eigenvalue weighted by Gasteiger charge is 2.24.